The number of rotatable bonds is 2. The van der Waals surface area contributed by atoms with Gasteiger partial charge in [0.2, 0.25) is 11.8 Å². The van der Waals surface area contributed by atoms with Crippen LogP contribution in [0.1, 0.15) is 32.6 Å². The summed E-state index contributed by atoms with van der Waals surface area (Å²) in [6.45, 7) is 4.80. The first kappa shape index (κ1) is 13.3. The quantitative estimate of drug-likeness (QED) is 0.765. The normalized spacial score (nSPS) is 23.3. The number of likely N-dealkylation sites (N-methyl/N-ethyl adjacent to an activating group) is 1. The lowest BCUT2D eigenvalue weighted by Crippen LogP contribution is -2.54. The highest BCUT2D eigenvalue weighted by Crippen LogP contribution is 2.38. The number of amides is 2. The summed E-state index contributed by atoms with van der Waals surface area (Å²) in [5.41, 5.74) is 0.165. The molecule has 0 aromatic rings. The Labute approximate surface area is 108 Å². The first-order valence-electron chi connectivity index (χ1n) is 6.78. The van der Waals surface area contributed by atoms with Gasteiger partial charge in [0.05, 0.1) is 6.54 Å². The van der Waals surface area contributed by atoms with Gasteiger partial charge in [0.15, 0.2) is 0 Å². The van der Waals surface area contributed by atoms with Crippen LogP contribution in [0.3, 0.4) is 0 Å². The molecule has 0 bridgehead atoms. The molecule has 0 saturated carbocycles. The molecule has 2 amide bonds. The molecule has 2 rings (SSSR count). The Balaban J connectivity index is 1.98. The van der Waals surface area contributed by atoms with Gasteiger partial charge in [0.1, 0.15) is 0 Å². The zero-order chi connectivity index (χ0) is 13.2. The summed E-state index contributed by atoms with van der Waals surface area (Å²) < 4.78 is 0. The molecule has 0 aromatic heterocycles. The summed E-state index contributed by atoms with van der Waals surface area (Å²) in [4.78, 5) is 27.1. The summed E-state index contributed by atoms with van der Waals surface area (Å²) >= 11 is 0. The Morgan fingerprint density at radius 2 is 1.83 bits per heavy atom. The van der Waals surface area contributed by atoms with Crippen molar-refractivity contribution in [2.75, 3.05) is 33.2 Å². The maximum Gasteiger partial charge on any atom is 0.233 e. The van der Waals surface area contributed by atoms with E-state index in [1.54, 1.807) is 14.0 Å². The maximum atomic E-state index is 11.5. The third-order valence-corrected chi connectivity index (χ3v) is 4.49. The average molecular weight is 253 g/mol. The van der Waals surface area contributed by atoms with Gasteiger partial charge in [-0.25, -0.2) is 0 Å². The number of carbonyl (C=O) groups is 2. The van der Waals surface area contributed by atoms with Crippen LogP contribution < -0.4 is 5.32 Å². The molecule has 1 N–H and O–H groups in total. The third-order valence-electron chi connectivity index (χ3n) is 4.49. The van der Waals surface area contributed by atoms with Gasteiger partial charge in [-0.3, -0.25) is 14.5 Å². The minimum Gasteiger partial charge on any atom is -0.358 e. The fourth-order valence-electron chi connectivity index (χ4n) is 3.30. The number of piperidine rings is 1. The molecule has 2 fully saturated rings. The summed E-state index contributed by atoms with van der Waals surface area (Å²) in [5, 5.41) is 2.70. The number of nitrogens with one attached hydrogen (secondary N) is 1. The molecule has 0 unspecified atom stereocenters. The lowest BCUT2D eigenvalue weighted by atomic mass is 9.85. The van der Waals surface area contributed by atoms with Gasteiger partial charge in [-0.15, -0.1) is 0 Å². The average Bonchev–Trinajstić information content (AvgIpc) is 2.72. The predicted molar refractivity (Wildman–Crippen MR) is 69.1 cm³/mol. The van der Waals surface area contributed by atoms with Crippen LogP contribution in [0.2, 0.25) is 0 Å². The number of hydrogen-bond donors (Lipinski definition) is 1. The van der Waals surface area contributed by atoms with Crippen LogP contribution in [0.4, 0.5) is 0 Å². The second-order valence-corrected chi connectivity index (χ2v) is 5.43. The molecule has 2 aliphatic rings. The maximum absolute atomic E-state index is 11.5. The zero-order valence-electron chi connectivity index (χ0n) is 11.4. The fraction of sp³-hybridized carbons (Fsp3) is 0.846. The Morgan fingerprint density at radius 1 is 1.17 bits per heavy atom. The van der Waals surface area contributed by atoms with Crippen molar-refractivity contribution < 1.29 is 9.59 Å². The molecule has 2 heterocycles. The second kappa shape index (κ2) is 5.26. The van der Waals surface area contributed by atoms with Crippen LogP contribution >= 0.6 is 0 Å². The van der Waals surface area contributed by atoms with Gasteiger partial charge >= 0.3 is 0 Å². The highest BCUT2D eigenvalue weighted by atomic mass is 16.2. The summed E-state index contributed by atoms with van der Waals surface area (Å²) in [7, 11) is 1.68. The SMILES string of the molecule is CNC(=O)CN1CCCC12CCN(C(C)=O)CC2. The van der Waals surface area contributed by atoms with Gasteiger partial charge in [0, 0.05) is 32.6 Å². The van der Waals surface area contributed by atoms with E-state index in [0.29, 0.717) is 6.54 Å². The minimum atomic E-state index is 0.0882. The van der Waals surface area contributed by atoms with E-state index >= 15 is 0 Å². The van der Waals surface area contributed by atoms with E-state index < -0.39 is 0 Å². The van der Waals surface area contributed by atoms with E-state index in [0.717, 1.165) is 45.3 Å². The predicted octanol–water partition coefficient (Wildman–Crippen LogP) is 0.209. The number of likely N-dealkylation sites (tertiary alicyclic amines) is 2. The van der Waals surface area contributed by atoms with Crippen molar-refractivity contribution in [3.05, 3.63) is 0 Å². The molecule has 5 nitrogen and oxygen atoms in total. The van der Waals surface area contributed by atoms with Crippen LogP contribution in [0.5, 0.6) is 0 Å². The van der Waals surface area contributed by atoms with Gasteiger partial charge in [-0.05, 0) is 32.2 Å². The van der Waals surface area contributed by atoms with E-state index in [4.69, 9.17) is 0 Å². The van der Waals surface area contributed by atoms with E-state index in [1.807, 2.05) is 4.90 Å². The van der Waals surface area contributed by atoms with Crippen molar-refractivity contribution in [3.63, 3.8) is 0 Å². The molecule has 2 aliphatic heterocycles. The Bertz CT molecular complexity index is 335. The standard InChI is InChI=1S/C13H23N3O2/c1-11(17)15-8-5-13(6-9-15)4-3-7-16(13)10-12(18)14-2/h3-10H2,1-2H3,(H,14,18). The lowest BCUT2D eigenvalue weighted by Gasteiger charge is -2.44. The molecule has 0 radical (unpaired) electrons. The van der Waals surface area contributed by atoms with E-state index in [9.17, 15) is 9.59 Å². The fourth-order valence-corrected chi connectivity index (χ4v) is 3.30. The van der Waals surface area contributed by atoms with E-state index in [-0.39, 0.29) is 17.4 Å². The molecule has 5 heteroatoms. The molecule has 0 aromatic carbocycles. The van der Waals surface area contributed by atoms with Crippen molar-refractivity contribution in [2.24, 2.45) is 0 Å². The number of carbonyl (C=O) groups excluding carboxylic acids is 2. The molecular weight excluding hydrogens is 230 g/mol. The topological polar surface area (TPSA) is 52.7 Å². The largest absolute Gasteiger partial charge is 0.358 e. The highest BCUT2D eigenvalue weighted by molar-refractivity contribution is 5.77. The first-order chi connectivity index (χ1) is 8.57. The zero-order valence-corrected chi connectivity index (χ0v) is 11.4. The molecule has 102 valence electrons. The van der Waals surface area contributed by atoms with Crippen LogP contribution in [0.15, 0.2) is 0 Å². The number of hydrogen-bond acceptors (Lipinski definition) is 3. The second-order valence-electron chi connectivity index (χ2n) is 5.43. The Kier molecular flexibility index (Phi) is 3.90. The van der Waals surface area contributed by atoms with Crippen LogP contribution in [0, 0.1) is 0 Å². The molecule has 2 saturated heterocycles. The van der Waals surface area contributed by atoms with Gasteiger partial charge < -0.3 is 10.2 Å². The van der Waals surface area contributed by atoms with Crippen LogP contribution in [-0.4, -0.2) is 60.4 Å². The molecule has 0 atom stereocenters. The van der Waals surface area contributed by atoms with Crippen molar-refractivity contribution >= 4 is 11.8 Å². The van der Waals surface area contributed by atoms with Crippen molar-refractivity contribution in [3.8, 4) is 0 Å². The molecule has 18 heavy (non-hydrogen) atoms. The van der Waals surface area contributed by atoms with Gasteiger partial charge in [-0.2, -0.15) is 0 Å². The summed E-state index contributed by atoms with van der Waals surface area (Å²) in [5.74, 6) is 0.256. The molecular formula is C13H23N3O2. The lowest BCUT2D eigenvalue weighted by molar-refractivity contribution is -0.132. The van der Waals surface area contributed by atoms with Crippen LogP contribution in [-0.2, 0) is 9.59 Å². The minimum absolute atomic E-state index is 0.0882. The highest BCUT2D eigenvalue weighted by Gasteiger charge is 2.43. The van der Waals surface area contributed by atoms with Crippen molar-refractivity contribution in [1.82, 2.24) is 15.1 Å². The monoisotopic (exact) mass is 253 g/mol. The van der Waals surface area contributed by atoms with Gasteiger partial charge in [0.25, 0.3) is 0 Å². The third kappa shape index (κ3) is 2.51. The van der Waals surface area contributed by atoms with Crippen molar-refractivity contribution in [1.29, 1.82) is 0 Å². The van der Waals surface area contributed by atoms with Crippen LogP contribution in [0.25, 0.3) is 0 Å². The molecule has 0 aliphatic carbocycles. The Morgan fingerprint density at radius 3 is 2.39 bits per heavy atom. The van der Waals surface area contributed by atoms with E-state index in [1.165, 1.54) is 0 Å². The summed E-state index contributed by atoms with van der Waals surface area (Å²) in [6.07, 6.45) is 4.33. The number of nitrogens with zero attached hydrogens (tertiary/aromatic N) is 2. The first-order valence-corrected chi connectivity index (χ1v) is 6.78. The van der Waals surface area contributed by atoms with Gasteiger partial charge in [-0.1, -0.05) is 0 Å². The van der Waals surface area contributed by atoms with E-state index in [2.05, 4.69) is 10.2 Å². The summed E-state index contributed by atoms with van der Waals surface area (Å²) in [6, 6.07) is 0. The Hall–Kier alpha value is -1.10. The molecule has 1 spiro atoms. The smallest absolute Gasteiger partial charge is 0.233 e. The van der Waals surface area contributed by atoms with Crippen molar-refractivity contribution in [2.45, 2.75) is 38.1 Å².